The molecule has 112 valence electrons. The Morgan fingerprint density at radius 3 is 2.67 bits per heavy atom. The monoisotopic (exact) mass is 330 g/mol. The molecule has 1 N–H and O–H groups in total. The van der Waals surface area contributed by atoms with E-state index in [-0.39, 0.29) is 0 Å². The third kappa shape index (κ3) is 3.26. The van der Waals surface area contributed by atoms with Crippen molar-refractivity contribution < 1.29 is 17.7 Å². The normalized spacial score (nSPS) is 13.0. The molecule has 0 bridgehead atoms. The third-order valence-corrected chi connectivity index (χ3v) is 5.07. The largest absolute Gasteiger partial charge is 0.324 e. The maximum absolute atomic E-state index is 13.5. The summed E-state index contributed by atoms with van der Waals surface area (Å²) >= 11 is 1.40. The molecule has 0 aliphatic heterocycles. The van der Waals surface area contributed by atoms with Gasteiger partial charge in [-0.05, 0) is 41.4 Å². The van der Waals surface area contributed by atoms with E-state index in [9.17, 15) is 22.9 Å². The number of nitrogens with one attached hydrogen (secondary N) is 1. The Balaban J connectivity index is 2.41. The van der Waals surface area contributed by atoms with Gasteiger partial charge in [-0.1, -0.05) is 6.07 Å². The van der Waals surface area contributed by atoms with Crippen molar-refractivity contribution in [3.05, 3.63) is 56.5 Å². The number of nitrogens with zero attached hydrogens (tertiary/aromatic N) is 1. The first-order valence-corrected chi connectivity index (χ1v) is 8.23. The highest BCUT2D eigenvalue weighted by molar-refractivity contribution is 7.89. The molecule has 21 heavy (non-hydrogen) atoms. The van der Waals surface area contributed by atoms with E-state index in [1.807, 2.05) is 0 Å². The summed E-state index contributed by atoms with van der Waals surface area (Å²) in [7, 11) is -4.21. The maximum atomic E-state index is 13.5. The standard InChI is InChI=1S/C12H11FN2O4S2/c1-8(9-5-6-20-7-9)14-21(18,19)11-4-2-3-10(13)12(11)15(16)17/h2-8,14H,1H3. The van der Waals surface area contributed by atoms with Gasteiger partial charge in [0.2, 0.25) is 15.8 Å². The van der Waals surface area contributed by atoms with E-state index in [0.29, 0.717) is 0 Å². The fourth-order valence-corrected chi connectivity index (χ4v) is 3.94. The minimum atomic E-state index is -4.21. The molecular formula is C12H11FN2O4S2. The first kappa shape index (κ1) is 15.5. The van der Waals surface area contributed by atoms with Crippen molar-refractivity contribution in [2.24, 2.45) is 0 Å². The predicted molar refractivity (Wildman–Crippen MR) is 76.1 cm³/mol. The average molecular weight is 330 g/mol. The van der Waals surface area contributed by atoms with Gasteiger partial charge >= 0.3 is 5.69 Å². The first-order valence-electron chi connectivity index (χ1n) is 5.80. The SMILES string of the molecule is CC(NS(=O)(=O)c1cccc(F)c1[N+](=O)[O-])c1ccsc1. The van der Waals surface area contributed by atoms with Gasteiger partial charge in [0.25, 0.3) is 0 Å². The molecule has 0 saturated carbocycles. The summed E-state index contributed by atoms with van der Waals surface area (Å²) in [5, 5.41) is 14.4. The number of para-hydroxylation sites is 1. The van der Waals surface area contributed by atoms with Crippen LogP contribution in [0.25, 0.3) is 0 Å². The first-order chi connectivity index (χ1) is 9.83. The summed E-state index contributed by atoms with van der Waals surface area (Å²) in [6.45, 7) is 1.60. The number of hydrogen-bond acceptors (Lipinski definition) is 5. The van der Waals surface area contributed by atoms with Crippen molar-refractivity contribution in [2.45, 2.75) is 17.9 Å². The van der Waals surface area contributed by atoms with Crippen molar-refractivity contribution in [3.8, 4) is 0 Å². The smallest absolute Gasteiger partial charge is 0.258 e. The van der Waals surface area contributed by atoms with Crippen LogP contribution in [0.1, 0.15) is 18.5 Å². The third-order valence-electron chi connectivity index (χ3n) is 2.80. The zero-order chi connectivity index (χ0) is 15.6. The van der Waals surface area contributed by atoms with Gasteiger partial charge in [-0.25, -0.2) is 13.1 Å². The Morgan fingerprint density at radius 2 is 2.10 bits per heavy atom. The van der Waals surface area contributed by atoms with Gasteiger partial charge in [0, 0.05) is 6.04 Å². The van der Waals surface area contributed by atoms with E-state index in [2.05, 4.69) is 4.72 Å². The summed E-state index contributed by atoms with van der Waals surface area (Å²) in [4.78, 5) is 9.15. The van der Waals surface area contributed by atoms with Gasteiger partial charge in [0.1, 0.15) is 0 Å². The van der Waals surface area contributed by atoms with Crippen molar-refractivity contribution >= 4 is 27.0 Å². The highest BCUT2D eigenvalue weighted by Crippen LogP contribution is 2.28. The summed E-state index contributed by atoms with van der Waals surface area (Å²) in [6.07, 6.45) is 0. The Hall–Kier alpha value is -1.84. The van der Waals surface area contributed by atoms with E-state index in [1.165, 1.54) is 11.3 Å². The van der Waals surface area contributed by atoms with Crippen molar-refractivity contribution in [1.29, 1.82) is 0 Å². The number of sulfonamides is 1. The predicted octanol–water partition coefficient (Wildman–Crippen LogP) is 2.83. The van der Waals surface area contributed by atoms with Crippen LogP contribution in [0.15, 0.2) is 39.9 Å². The van der Waals surface area contributed by atoms with Crippen LogP contribution in [0.4, 0.5) is 10.1 Å². The number of nitro benzene ring substituents is 1. The molecule has 1 unspecified atom stereocenters. The van der Waals surface area contributed by atoms with Crippen molar-refractivity contribution in [1.82, 2.24) is 4.72 Å². The van der Waals surface area contributed by atoms with Crippen LogP contribution in [-0.2, 0) is 10.0 Å². The van der Waals surface area contributed by atoms with Crippen LogP contribution in [0.2, 0.25) is 0 Å². The highest BCUT2D eigenvalue weighted by Gasteiger charge is 2.30. The highest BCUT2D eigenvalue weighted by atomic mass is 32.2. The fourth-order valence-electron chi connectivity index (χ4n) is 1.78. The molecule has 2 rings (SSSR count). The van der Waals surface area contributed by atoms with Gasteiger partial charge in [-0.15, -0.1) is 0 Å². The van der Waals surface area contributed by atoms with Gasteiger partial charge in [0.15, 0.2) is 4.90 Å². The lowest BCUT2D eigenvalue weighted by molar-refractivity contribution is -0.390. The second-order valence-electron chi connectivity index (χ2n) is 4.24. The average Bonchev–Trinajstić information content (AvgIpc) is 2.91. The number of benzene rings is 1. The zero-order valence-electron chi connectivity index (χ0n) is 10.8. The Morgan fingerprint density at radius 1 is 1.38 bits per heavy atom. The minimum Gasteiger partial charge on any atom is -0.258 e. The van der Waals surface area contributed by atoms with E-state index in [4.69, 9.17) is 0 Å². The van der Waals surface area contributed by atoms with Crippen LogP contribution in [-0.4, -0.2) is 13.3 Å². The molecule has 0 aliphatic carbocycles. The molecule has 0 aliphatic rings. The van der Waals surface area contributed by atoms with Gasteiger partial charge in [-0.3, -0.25) is 10.1 Å². The summed E-state index contributed by atoms with van der Waals surface area (Å²) in [5.74, 6) is -1.19. The number of halogens is 1. The van der Waals surface area contributed by atoms with Crippen LogP contribution in [0, 0.1) is 15.9 Å². The maximum Gasteiger partial charge on any atom is 0.324 e. The summed E-state index contributed by atoms with van der Waals surface area (Å²) in [5.41, 5.74) is -0.329. The Labute approximate surface area is 124 Å². The lowest BCUT2D eigenvalue weighted by Gasteiger charge is -2.13. The Kier molecular flexibility index (Phi) is 4.35. The topological polar surface area (TPSA) is 89.3 Å². The van der Waals surface area contributed by atoms with E-state index in [1.54, 1.807) is 23.8 Å². The molecule has 6 nitrogen and oxygen atoms in total. The van der Waals surface area contributed by atoms with Crippen LogP contribution >= 0.6 is 11.3 Å². The van der Waals surface area contributed by atoms with E-state index >= 15 is 0 Å². The molecule has 0 amide bonds. The molecule has 1 aromatic carbocycles. The molecule has 0 saturated heterocycles. The van der Waals surface area contributed by atoms with Crippen LogP contribution in [0.3, 0.4) is 0 Å². The molecule has 1 heterocycles. The lowest BCUT2D eigenvalue weighted by Crippen LogP contribution is -2.27. The molecule has 1 aromatic heterocycles. The molecule has 2 aromatic rings. The van der Waals surface area contributed by atoms with Gasteiger partial charge < -0.3 is 0 Å². The van der Waals surface area contributed by atoms with Crippen molar-refractivity contribution in [2.75, 3.05) is 0 Å². The van der Waals surface area contributed by atoms with Gasteiger partial charge in [-0.2, -0.15) is 15.7 Å². The Bertz CT molecular complexity index is 760. The zero-order valence-corrected chi connectivity index (χ0v) is 12.4. The van der Waals surface area contributed by atoms with E-state index in [0.717, 1.165) is 23.8 Å². The summed E-state index contributed by atoms with van der Waals surface area (Å²) < 4.78 is 40.3. The number of thiophene rings is 1. The number of hydrogen-bond donors (Lipinski definition) is 1. The molecule has 0 fully saturated rings. The van der Waals surface area contributed by atoms with Crippen molar-refractivity contribution in [3.63, 3.8) is 0 Å². The molecule has 1 atom stereocenters. The molecular weight excluding hydrogens is 319 g/mol. The number of rotatable bonds is 5. The van der Waals surface area contributed by atoms with Gasteiger partial charge in [0.05, 0.1) is 4.92 Å². The minimum absolute atomic E-state index is 0.580. The van der Waals surface area contributed by atoms with Crippen LogP contribution in [0.5, 0.6) is 0 Å². The second kappa shape index (κ2) is 5.88. The fraction of sp³-hybridized carbons (Fsp3) is 0.167. The second-order valence-corrected chi connectivity index (χ2v) is 6.71. The van der Waals surface area contributed by atoms with E-state index < -0.39 is 37.4 Å². The summed E-state index contributed by atoms with van der Waals surface area (Å²) in [6, 6.07) is 4.12. The molecule has 0 radical (unpaired) electrons. The number of nitro groups is 1. The molecule has 9 heteroatoms. The molecule has 0 spiro atoms. The lowest BCUT2D eigenvalue weighted by atomic mass is 10.2. The quantitative estimate of drug-likeness (QED) is 0.674. The van der Waals surface area contributed by atoms with Crippen LogP contribution < -0.4 is 4.72 Å².